The number of nitrogens with zero attached hydrogens (tertiary/aromatic N) is 4. The smallest absolute Gasteiger partial charge is 0.270 e. The zero-order chi connectivity index (χ0) is 23.9. The highest BCUT2D eigenvalue weighted by molar-refractivity contribution is 7.98. The predicted molar refractivity (Wildman–Crippen MR) is 140 cm³/mol. The van der Waals surface area contributed by atoms with E-state index >= 15 is 0 Å². The van der Waals surface area contributed by atoms with Gasteiger partial charge in [0, 0.05) is 17.5 Å². The van der Waals surface area contributed by atoms with Crippen molar-refractivity contribution < 1.29 is 4.79 Å². The standard InChI is InChI=1S/C25H26ClN5OS2/c1-3-4-9-14-27-24(32)20-15-33-22(28-20)16-34-25-30-29-23(18-11-6-7-12-19(18)26)31(25)21-13-8-5-10-17(21)2/h5-8,10-13,15H,3-4,9,14,16H2,1-2H3,(H,27,32). The third kappa shape index (κ3) is 5.68. The Bertz CT molecular complexity index is 1270. The maximum Gasteiger partial charge on any atom is 0.270 e. The summed E-state index contributed by atoms with van der Waals surface area (Å²) < 4.78 is 2.04. The Morgan fingerprint density at radius 1 is 1.12 bits per heavy atom. The van der Waals surface area contributed by atoms with Crippen LogP contribution in [-0.4, -0.2) is 32.2 Å². The van der Waals surface area contributed by atoms with Crippen molar-refractivity contribution in [2.24, 2.45) is 0 Å². The highest BCUT2D eigenvalue weighted by atomic mass is 35.5. The minimum Gasteiger partial charge on any atom is -0.351 e. The maximum atomic E-state index is 12.4. The number of hydrogen-bond acceptors (Lipinski definition) is 6. The van der Waals surface area contributed by atoms with Gasteiger partial charge >= 0.3 is 0 Å². The number of unbranched alkanes of at least 4 members (excludes halogenated alkanes) is 2. The molecule has 1 N–H and O–H groups in total. The quantitative estimate of drug-likeness (QED) is 0.193. The first kappa shape index (κ1) is 24.4. The van der Waals surface area contributed by atoms with E-state index < -0.39 is 0 Å². The normalized spacial score (nSPS) is 11.0. The Morgan fingerprint density at radius 3 is 2.71 bits per heavy atom. The first-order valence-corrected chi connectivity index (χ1v) is 13.4. The van der Waals surface area contributed by atoms with Gasteiger partial charge in [0.05, 0.1) is 16.5 Å². The van der Waals surface area contributed by atoms with Crippen LogP contribution in [-0.2, 0) is 5.75 Å². The lowest BCUT2D eigenvalue weighted by Gasteiger charge is -2.13. The Balaban J connectivity index is 1.56. The lowest BCUT2D eigenvalue weighted by Crippen LogP contribution is -2.24. The summed E-state index contributed by atoms with van der Waals surface area (Å²) in [5.41, 5.74) is 3.39. The average Bonchev–Trinajstić information content (AvgIpc) is 3.48. The summed E-state index contributed by atoms with van der Waals surface area (Å²) in [7, 11) is 0. The van der Waals surface area contributed by atoms with Gasteiger partial charge in [-0.25, -0.2) is 4.98 Å². The number of benzene rings is 2. The van der Waals surface area contributed by atoms with Crippen LogP contribution in [0.1, 0.15) is 47.2 Å². The molecule has 4 rings (SSSR count). The summed E-state index contributed by atoms with van der Waals surface area (Å²) in [6.45, 7) is 4.88. The van der Waals surface area contributed by atoms with Gasteiger partial charge in [0.25, 0.3) is 5.91 Å². The molecule has 2 aromatic carbocycles. The summed E-state index contributed by atoms with van der Waals surface area (Å²) in [5, 5.41) is 15.9. The molecule has 0 saturated heterocycles. The molecule has 0 unspecified atom stereocenters. The van der Waals surface area contributed by atoms with Crippen molar-refractivity contribution >= 4 is 40.6 Å². The number of carbonyl (C=O) groups is 1. The largest absolute Gasteiger partial charge is 0.351 e. The average molecular weight is 512 g/mol. The van der Waals surface area contributed by atoms with Crippen molar-refractivity contribution in [3.63, 3.8) is 0 Å². The van der Waals surface area contributed by atoms with E-state index in [1.807, 2.05) is 52.4 Å². The second-order valence-corrected chi connectivity index (χ2v) is 10.1. The first-order chi connectivity index (χ1) is 16.6. The second kappa shape index (κ2) is 11.6. The van der Waals surface area contributed by atoms with E-state index in [0.717, 1.165) is 46.2 Å². The molecule has 1 amide bonds. The van der Waals surface area contributed by atoms with Crippen LogP contribution < -0.4 is 5.32 Å². The van der Waals surface area contributed by atoms with Crippen molar-refractivity contribution in [1.82, 2.24) is 25.1 Å². The highest BCUT2D eigenvalue weighted by Gasteiger charge is 2.20. The molecule has 9 heteroatoms. The Morgan fingerprint density at radius 2 is 1.91 bits per heavy atom. The van der Waals surface area contributed by atoms with E-state index in [2.05, 4.69) is 40.4 Å². The number of hydrogen-bond donors (Lipinski definition) is 1. The molecule has 0 bridgehead atoms. The lowest BCUT2D eigenvalue weighted by atomic mass is 10.1. The maximum absolute atomic E-state index is 12.4. The summed E-state index contributed by atoms with van der Waals surface area (Å²) in [4.78, 5) is 16.9. The molecule has 176 valence electrons. The third-order valence-electron chi connectivity index (χ3n) is 5.28. The van der Waals surface area contributed by atoms with Gasteiger partial charge in [0.2, 0.25) is 0 Å². The summed E-state index contributed by atoms with van der Waals surface area (Å²) in [6.07, 6.45) is 3.22. The first-order valence-electron chi connectivity index (χ1n) is 11.2. The zero-order valence-electron chi connectivity index (χ0n) is 19.1. The van der Waals surface area contributed by atoms with Crippen LogP contribution >= 0.6 is 34.7 Å². The molecule has 4 aromatic rings. The van der Waals surface area contributed by atoms with Crippen molar-refractivity contribution in [3.05, 3.63) is 75.2 Å². The molecule has 2 aromatic heterocycles. The summed E-state index contributed by atoms with van der Waals surface area (Å²) in [5.74, 6) is 1.15. The number of nitrogens with one attached hydrogen (secondary N) is 1. The van der Waals surface area contributed by atoms with Gasteiger partial charge in [-0.2, -0.15) is 0 Å². The zero-order valence-corrected chi connectivity index (χ0v) is 21.5. The van der Waals surface area contributed by atoms with Crippen LogP contribution in [0, 0.1) is 6.92 Å². The fourth-order valence-electron chi connectivity index (χ4n) is 3.49. The summed E-state index contributed by atoms with van der Waals surface area (Å²) in [6, 6.07) is 15.8. The molecule has 0 radical (unpaired) electrons. The topological polar surface area (TPSA) is 72.7 Å². The lowest BCUT2D eigenvalue weighted by molar-refractivity contribution is 0.0948. The van der Waals surface area contributed by atoms with Crippen LogP contribution in [0.25, 0.3) is 17.1 Å². The molecule has 6 nitrogen and oxygen atoms in total. The molecular weight excluding hydrogens is 486 g/mol. The van der Waals surface area contributed by atoms with Gasteiger partial charge in [0.15, 0.2) is 11.0 Å². The number of halogens is 1. The fraction of sp³-hybridized carbons (Fsp3) is 0.280. The van der Waals surface area contributed by atoms with Gasteiger partial charge in [-0.05, 0) is 37.1 Å². The molecule has 0 aliphatic heterocycles. The Kier molecular flexibility index (Phi) is 8.37. The molecule has 0 atom stereocenters. The van der Waals surface area contributed by atoms with E-state index in [9.17, 15) is 4.79 Å². The molecule has 34 heavy (non-hydrogen) atoms. The summed E-state index contributed by atoms with van der Waals surface area (Å²) >= 11 is 9.51. The van der Waals surface area contributed by atoms with E-state index in [4.69, 9.17) is 11.6 Å². The van der Waals surface area contributed by atoms with Crippen LogP contribution in [0.4, 0.5) is 0 Å². The van der Waals surface area contributed by atoms with Gasteiger partial charge < -0.3 is 5.32 Å². The predicted octanol–water partition coefficient (Wildman–Crippen LogP) is 6.56. The number of thioether (sulfide) groups is 1. The van der Waals surface area contributed by atoms with Crippen molar-refractivity contribution in [2.75, 3.05) is 6.54 Å². The Hall–Kier alpha value is -2.68. The van der Waals surface area contributed by atoms with Crippen LogP contribution in [0.2, 0.25) is 5.02 Å². The number of para-hydroxylation sites is 1. The van der Waals surface area contributed by atoms with Gasteiger partial charge in [-0.1, -0.05) is 73.5 Å². The van der Waals surface area contributed by atoms with E-state index in [1.54, 1.807) is 0 Å². The van der Waals surface area contributed by atoms with Crippen LogP contribution in [0.15, 0.2) is 59.1 Å². The van der Waals surface area contributed by atoms with Crippen LogP contribution in [0.3, 0.4) is 0 Å². The number of aromatic nitrogens is 4. The number of carbonyl (C=O) groups excluding carboxylic acids is 1. The monoisotopic (exact) mass is 511 g/mol. The third-order valence-corrected chi connectivity index (χ3v) is 7.58. The highest BCUT2D eigenvalue weighted by Crippen LogP contribution is 2.34. The molecule has 0 spiro atoms. The molecular formula is C25H26ClN5OS2. The number of aryl methyl sites for hydroxylation is 1. The van der Waals surface area contributed by atoms with Crippen molar-refractivity contribution in [3.8, 4) is 17.1 Å². The van der Waals surface area contributed by atoms with E-state index in [1.165, 1.54) is 23.1 Å². The van der Waals surface area contributed by atoms with Crippen molar-refractivity contribution in [2.45, 2.75) is 44.0 Å². The Labute approximate surface area is 212 Å². The number of amides is 1. The van der Waals surface area contributed by atoms with E-state index in [0.29, 0.717) is 28.8 Å². The van der Waals surface area contributed by atoms with Gasteiger partial charge in [-0.15, -0.1) is 21.5 Å². The van der Waals surface area contributed by atoms with E-state index in [-0.39, 0.29) is 5.91 Å². The fourth-order valence-corrected chi connectivity index (χ4v) is 5.44. The van der Waals surface area contributed by atoms with Crippen molar-refractivity contribution in [1.29, 1.82) is 0 Å². The molecule has 0 fully saturated rings. The van der Waals surface area contributed by atoms with Gasteiger partial charge in [-0.3, -0.25) is 9.36 Å². The minimum absolute atomic E-state index is 0.118. The molecule has 2 heterocycles. The minimum atomic E-state index is -0.118. The second-order valence-electron chi connectivity index (χ2n) is 7.79. The van der Waals surface area contributed by atoms with Gasteiger partial charge in [0.1, 0.15) is 10.7 Å². The molecule has 0 aliphatic rings. The molecule has 0 saturated carbocycles. The van der Waals surface area contributed by atoms with Crippen LogP contribution in [0.5, 0.6) is 0 Å². The molecule has 0 aliphatic carbocycles. The number of thiazole rings is 1. The SMILES string of the molecule is CCCCCNC(=O)c1csc(CSc2nnc(-c3ccccc3Cl)n2-c2ccccc2C)n1. The number of rotatable bonds is 10.